The van der Waals surface area contributed by atoms with Crippen LogP contribution in [0.1, 0.15) is 42.4 Å². The molecule has 1 unspecified atom stereocenters. The van der Waals surface area contributed by atoms with Crippen LogP contribution < -0.4 is 0 Å². The van der Waals surface area contributed by atoms with E-state index in [2.05, 4.69) is 0 Å². The molecule has 1 N–H and O–H groups in total. The molecule has 0 heterocycles. The third-order valence-electron chi connectivity index (χ3n) is 3.88. The molecule has 7 heteroatoms. The van der Waals surface area contributed by atoms with E-state index in [0.717, 1.165) is 37.0 Å². The van der Waals surface area contributed by atoms with Crippen molar-refractivity contribution in [2.75, 3.05) is 0 Å². The molecule has 2 rings (SSSR count). The highest BCUT2D eigenvalue weighted by molar-refractivity contribution is 5.28. The smallest absolute Gasteiger partial charge is 0.387 e. The molecular weight excluding hydrogens is 298 g/mol. The lowest BCUT2D eigenvalue weighted by Crippen LogP contribution is -2.40. The maximum Gasteiger partial charge on any atom is 0.403 e. The van der Waals surface area contributed by atoms with Gasteiger partial charge in [-0.3, -0.25) is 0 Å². The fraction of sp³-hybridized carbons (Fsp3) is 0.571. The van der Waals surface area contributed by atoms with E-state index in [1.165, 1.54) is 12.1 Å². The molecule has 0 spiro atoms. The van der Waals surface area contributed by atoms with E-state index in [0.29, 0.717) is 5.92 Å². The standard InChI is InChI=1S/C14H14F6O/c15-13(16,17)12(14(18,19)20)11(21)10-6-4-9(5-7-10)8-2-1-3-8/h4-8,11-12,21H,1-3H2. The van der Waals surface area contributed by atoms with Crippen LogP contribution in [0.15, 0.2) is 24.3 Å². The number of aliphatic hydroxyl groups is 1. The van der Waals surface area contributed by atoms with E-state index >= 15 is 0 Å². The van der Waals surface area contributed by atoms with Gasteiger partial charge in [-0.15, -0.1) is 0 Å². The molecule has 1 aromatic carbocycles. The Bertz CT molecular complexity index is 458. The summed E-state index contributed by atoms with van der Waals surface area (Å²) in [5, 5.41) is 9.51. The predicted molar refractivity (Wildman–Crippen MR) is 63.6 cm³/mol. The number of hydrogen-bond donors (Lipinski definition) is 1. The van der Waals surface area contributed by atoms with Gasteiger partial charge in [-0.1, -0.05) is 30.7 Å². The van der Waals surface area contributed by atoms with Gasteiger partial charge < -0.3 is 5.11 Å². The van der Waals surface area contributed by atoms with Gasteiger partial charge in [0.05, 0.1) is 6.10 Å². The third kappa shape index (κ3) is 3.51. The van der Waals surface area contributed by atoms with E-state index in [9.17, 15) is 31.4 Å². The lowest BCUT2D eigenvalue weighted by molar-refractivity contribution is -0.307. The molecule has 1 aliphatic rings. The van der Waals surface area contributed by atoms with Crippen LogP contribution in [0, 0.1) is 5.92 Å². The highest BCUT2D eigenvalue weighted by atomic mass is 19.4. The summed E-state index contributed by atoms with van der Waals surface area (Å²) in [7, 11) is 0. The van der Waals surface area contributed by atoms with E-state index in [4.69, 9.17) is 0 Å². The van der Waals surface area contributed by atoms with Gasteiger partial charge in [0.1, 0.15) is 0 Å². The minimum absolute atomic E-state index is 0.317. The van der Waals surface area contributed by atoms with Crippen LogP contribution in [0.5, 0.6) is 0 Å². The molecule has 1 aromatic rings. The molecule has 0 aliphatic heterocycles. The van der Waals surface area contributed by atoms with Crippen molar-refractivity contribution in [1.82, 2.24) is 0 Å². The van der Waals surface area contributed by atoms with Crippen LogP contribution in [0.2, 0.25) is 0 Å². The van der Waals surface area contributed by atoms with Crippen LogP contribution in [0.3, 0.4) is 0 Å². The zero-order valence-electron chi connectivity index (χ0n) is 10.9. The second kappa shape index (κ2) is 5.51. The molecule has 0 radical (unpaired) electrons. The van der Waals surface area contributed by atoms with Crippen molar-refractivity contribution >= 4 is 0 Å². The van der Waals surface area contributed by atoms with Crippen molar-refractivity contribution in [3.63, 3.8) is 0 Å². The number of hydrogen-bond acceptors (Lipinski definition) is 1. The highest BCUT2D eigenvalue weighted by Gasteiger charge is 2.60. The monoisotopic (exact) mass is 312 g/mol. The summed E-state index contributed by atoms with van der Waals surface area (Å²) in [6.07, 6.45) is -10.8. The van der Waals surface area contributed by atoms with Gasteiger partial charge in [0.25, 0.3) is 0 Å². The Morgan fingerprint density at radius 2 is 1.38 bits per heavy atom. The summed E-state index contributed by atoms with van der Waals surface area (Å²) in [6.45, 7) is 0. The molecule has 0 amide bonds. The molecule has 0 aromatic heterocycles. The third-order valence-corrected chi connectivity index (χ3v) is 3.88. The topological polar surface area (TPSA) is 20.2 Å². The average Bonchev–Trinajstić information content (AvgIpc) is 2.23. The van der Waals surface area contributed by atoms with Gasteiger partial charge in [0.15, 0.2) is 5.92 Å². The number of aliphatic hydroxyl groups excluding tert-OH is 1. The zero-order chi connectivity index (χ0) is 15.8. The van der Waals surface area contributed by atoms with E-state index in [-0.39, 0.29) is 5.56 Å². The van der Waals surface area contributed by atoms with Gasteiger partial charge >= 0.3 is 12.4 Å². The molecule has 1 fully saturated rings. The van der Waals surface area contributed by atoms with Crippen LogP contribution in [0.4, 0.5) is 26.3 Å². The van der Waals surface area contributed by atoms with E-state index in [1.807, 2.05) is 0 Å². The Labute approximate surface area is 117 Å². The molecule has 0 saturated heterocycles. The van der Waals surface area contributed by atoms with Crippen molar-refractivity contribution in [3.05, 3.63) is 35.4 Å². The molecule has 0 bridgehead atoms. The van der Waals surface area contributed by atoms with Gasteiger partial charge in [-0.05, 0) is 29.9 Å². The number of halogens is 6. The first-order chi connectivity index (χ1) is 9.60. The first-order valence-electron chi connectivity index (χ1n) is 6.52. The summed E-state index contributed by atoms with van der Waals surface area (Å²) < 4.78 is 75.3. The highest BCUT2D eigenvalue weighted by Crippen LogP contribution is 2.46. The second-order valence-electron chi connectivity index (χ2n) is 5.30. The Kier molecular flexibility index (Phi) is 4.24. The average molecular weight is 312 g/mol. The molecule has 1 atom stereocenters. The van der Waals surface area contributed by atoms with E-state index in [1.54, 1.807) is 0 Å². The molecule has 1 nitrogen and oxygen atoms in total. The first kappa shape index (κ1) is 16.1. The lowest BCUT2D eigenvalue weighted by Gasteiger charge is -2.29. The molecular formula is C14H14F6O. The zero-order valence-corrected chi connectivity index (χ0v) is 10.9. The summed E-state index contributed by atoms with van der Waals surface area (Å²) in [6, 6.07) is 5.27. The van der Waals surface area contributed by atoms with Gasteiger partial charge in [0.2, 0.25) is 0 Å². The van der Waals surface area contributed by atoms with Crippen molar-refractivity contribution < 1.29 is 31.4 Å². The van der Waals surface area contributed by atoms with Crippen LogP contribution in [-0.2, 0) is 0 Å². The van der Waals surface area contributed by atoms with Gasteiger partial charge in [-0.25, -0.2) is 0 Å². The lowest BCUT2D eigenvalue weighted by atomic mass is 9.79. The van der Waals surface area contributed by atoms with Crippen molar-refractivity contribution in [1.29, 1.82) is 0 Å². The van der Waals surface area contributed by atoms with Crippen LogP contribution in [0.25, 0.3) is 0 Å². The molecule has 1 aliphatic carbocycles. The van der Waals surface area contributed by atoms with Crippen LogP contribution >= 0.6 is 0 Å². The Balaban J connectivity index is 2.22. The minimum atomic E-state index is -5.55. The van der Waals surface area contributed by atoms with Crippen molar-refractivity contribution in [3.8, 4) is 0 Å². The normalized spacial score (nSPS) is 18.7. The maximum absolute atomic E-state index is 12.5. The number of alkyl halides is 6. The van der Waals surface area contributed by atoms with Gasteiger partial charge in [0, 0.05) is 0 Å². The van der Waals surface area contributed by atoms with Crippen molar-refractivity contribution in [2.45, 2.75) is 43.6 Å². The molecule has 118 valence electrons. The number of benzene rings is 1. The minimum Gasteiger partial charge on any atom is -0.387 e. The van der Waals surface area contributed by atoms with E-state index < -0.39 is 24.4 Å². The van der Waals surface area contributed by atoms with Crippen molar-refractivity contribution in [2.24, 2.45) is 5.92 Å². The van der Waals surface area contributed by atoms with Crippen LogP contribution in [-0.4, -0.2) is 17.5 Å². The molecule has 21 heavy (non-hydrogen) atoms. The maximum atomic E-state index is 12.5. The summed E-state index contributed by atoms with van der Waals surface area (Å²) in [4.78, 5) is 0. The first-order valence-corrected chi connectivity index (χ1v) is 6.52. The summed E-state index contributed by atoms with van der Waals surface area (Å²) in [5.74, 6) is -3.46. The quantitative estimate of drug-likeness (QED) is 0.800. The fourth-order valence-electron chi connectivity index (χ4n) is 2.44. The Hall–Kier alpha value is -1.24. The second-order valence-corrected chi connectivity index (χ2v) is 5.30. The fourth-order valence-corrected chi connectivity index (χ4v) is 2.44. The SMILES string of the molecule is OC(c1ccc(C2CCC2)cc1)C(C(F)(F)F)C(F)(F)F. The largest absolute Gasteiger partial charge is 0.403 e. The summed E-state index contributed by atoms with van der Waals surface area (Å²) in [5.41, 5.74) is 0.505. The summed E-state index contributed by atoms with van der Waals surface area (Å²) >= 11 is 0. The van der Waals surface area contributed by atoms with Gasteiger partial charge in [-0.2, -0.15) is 26.3 Å². The Morgan fingerprint density at radius 1 is 0.905 bits per heavy atom. The number of rotatable bonds is 3. The molecule has 1 saturated carbocycles. The predicted octanol–water partition coefficient (Wildman–Crippen LogP) is 4.73. The Morgan fingerprint density at radius 3 is 1.71 bits per heavy atom.